The minimum Gasteiger partial charge on any atom is -0.481 e. The number of aliphatic carboxylic acids is 1. The number of aliphatic imine (C=N–C) groups is 1. The summed E-state index contributed by atoms with van der Waals surface area (Å²) in [4.78, 5) is 15.8. The first-order chi connectivity index (χ1) is 7.06. The predicted octanol–water partition coefficient (Wildman–Crippen LogP) is 2.28. The standard InChI is InChI=1S/C12H17NO2/c1-8-4-5-10(13-9(8)2)12(11(14)15)6-3-7-12/h4-5,8-9H,3,6-7H2,1-2H3,(H,14,15)/t8-,9?/m0/s1. The molecule has 2 atom stereocenters. The Morgan fingerprint density at radius 1 is 1.53 bits per heavy atom. The van der Waals surface area contributed by atoms with Crippen molar-refractivity contribution in [2.45, 2.75) is 39.2 Å². The molecule has 3 nitrogen and oxygen atoms in total. The molecule has 0 bridgehead atoms. The molecule has 1 N–H and O–H groups in total. The van der Waals surface area contributed by atoms with Crippen LogP contribution in [-0.2, 0) is 4.79 Å². The molecule has 1 aliphatic carbocycles. The molecule has 0 aromatic rings. The fourth-order valence-electron chi connectivity index (χ4n) is 2.18. The van der Waals surface area contributed by atoms with E-state index < -0.39 is 11.4 Å². The summed E-state index contributed by atoms with van der Waals surface area (Å²) >= 11 is 0. The number of dihydropyridines is 1. The minimum absolute atomic E-state index is 0.210. The molecule has 1 aliphatic heterocycles. The van der Waals surface area contributed by atoms with E-state index in [2.05, 4.69) is 18.0 Å². The molecule has 1 fully saturated rings. The summed E-state index contributed by atoms with van der Waals surface area (Å²) in [7, 11) is 0. The highest BCUT2D eigenvalue weighted by molar-refractivity contribution is 6.13. The average Bonchev–Trinajstić information content (AvgIpc) is 2.08. The van der Waals surface area contributed by atoms with Crippen LogP contribution in [-0.4, -0.2) is 22.8 Å². The molecular weight excluding hydrogens is 190 g/mol. The summed E-state index contributed by atoms with van der Waals surface area (Å²) in [6, 6.07) is 0.210. The SMILES string of the molecule is CC1N=C(C2(C(=O)O)CCC2)C=C[C@@H]1C. The second-order valence-electron chi connectivity index (χ2n) is 4.71. The number of carboxylic acids is 1. The maximum atomic E-state index is 11.3. The molecule has 15 heavy (non-hydrogen) atoms. The third-order valence-electron chi connectivity index (χ3n) is 3.77. The maximum absolute atomic E-state index is 11.3. The molecule has 0 aromatic heterocycles. The number of carbonyl (C=O) groups is 1. The second kappa shape index (κ2) is 3.47. The van der Waals surface area contributed by atoms with Crippen molar-refractivity contribution in [2.24, 2.45) is 16.3 Å². The lowest BCUT2D eigenvalue weighted by atomic mass is 9.65. The fourth-order valence-corrected chi connectivity index (χ4v) is 2.18. The van der Waals surface area contributed by atoms with Gasteiger partial charge in [0.25, 0.3) is 0 Å². The van der Waals surface area contributed by atoms with E-state index in [-0.39, 0.29) is 6.04 Å². The molecule has 1 heterocycles. The molecule has 2 aliphatic rings. The van der Waals surface area contributed by atoms with E-state index in [9.17, 15) is 9.90 Å². The van der Waals surface area contributed by atoms with Gasteiger partial charge in [-0.25, -0.2) is 0 Å². The molecule has 1 saturated carbocycles. The topological polar surface area (TPSA) is 49.7 Å². The van der Waals surface area contributed by atoms with Gasteiger partial charge in [-0.15, -0.1) is 0 Å². The molecule has 0 aromatic carbocycles. The summed E-state index contributed by atoms with van der Waals surface area (Å²) in [6.07, 6.45) is 6.48. The van der Waals surface area contributed by atoms with Gasteiger partial charge >= 0.3 is 5.97 Å². The van der Waals surface area contributed by atoms with Crippen LogP contribution in [0.15, 0.2) is 17.1 Å². The van der Waals surface area contributed by atoms with Crippen LogP contribution in [0.4, 0.5) is 0 Å². The van der Waals surface area contributed by atoms with Gasteiger partial charge in [0.05, 0.1) is 11.8 Å². The first-order valence-electron chi connectivity index (χ1n) is 5.56. The Morgan fingerprint density at radius 3 is 2.60 bits per heavy atom. The molecule has 0 spiro atoms. The van der Waals surface area contributed by atoms with Gasteiger partial charge in [-0.05, 0) is 31.8 Å². The van der Waals surface area contributed by atoms with Gasteiger partial charge < -0.3 is 5.11 Å². The van der Waals surface area contributed by atoms with Crippen LogP contribution >= 0.6 is 0 Å². The third-order valence-corrected chi connectivity index (χ3v) is 3.77. The van der Waals surface area contributed by atoms with E-state index in [1.807, 2.05) is 13.0 Å². The number of carboxylic acid groups (broad SMARTS) is 1. The van der Waals surface area contributed by atoms with Crippen LogP contribution in [0.2, 0.25) is 0 Å². The molecule has 2 rings (SSSR count). The lowest BCUT2D eigenvalue weighted by Gasteiger charge is -2.39. The lowest BCUT2D eigenvalue weighted by molar-refractivity contribution is -0.148. The number of hydrogen-bond acceptors (Lipinski definition) is 2. The van der Waals surface area contributed by atoms with Gasteiger partial charge in [0.2, 0.25) is 0 Å². The number of rotatable bonds is 2. The quantitative estimate of drug-likeness (QED) is 0.755. The highest BCUT2D eigenvalue weighted by atomic mass is 16.4. The van der Waals surface area contributed by atoms with Crippen LogP contribution in [0, 0.1) is 11.3 Å². The Balaban J connectivity index is 2.28. The normalized spacial score (nSPS) is 33.1. The third kappa shape index (κ3) is 1.50. The van der Waals surface area contributed by atoms with Crippen molar-refractivity contribution < 1.29 is 9.90 Å². The minimum atomic E-state index is -0.709. The smallest absolute Gasteiger partial charge is 0.315 e. The summed E-state index contributed by atoms with van der Waals surface area (Å²) in [5, 5.41) is 9.27. The Bertz CT molecular complexity index is 340. The molecule has 0 amide bonds. The van der Waals surface area contributed by atoms with Crippen molar-refractivity contribution >= 4 is 11.7 Å². The van der Waals surface area contributed by atoms with E-state index in [1.54, 1.807) is 0 Å². The molecule has 1 unspecified atom stereocenters. The molecule has 0 saturated heterocycles. The van der Waals surface area contributed by atoms with E-state index >= 15 is 0 Å². The van der Waals surface area contributed by atoms with E-state index in [0.29, 0.717) is 5.92 Å². The van der Waals surface area contributed by atoms with E-state index in [4.69, 9.17) is 0 Å². The monoisotopic (exact) mass is 207 g/mol. The van der Waals surface area contributed by atoms with Crippen LogP contribution in [0.25, 0.3) is 0 Å². The Hall–Kier alpha value is -1.12. The van der Waals surface area contributed by atoms with Crippen molar-refractivity contribution in [1.82, 2.24) is 0 Å². The zero-order valence-electron chi connectivity index (χ0n) is 9.23. The van der Waals surface area contributed by atoms with Gasteiger partial charge in [0.15, 0.2) is 0 Å². The predicted molar refractivity (Wildman–Crippen MR) is 59.1 cm³/mol. The van der Waals surface area contributed by atoms with Gasteiger partial charge in [-0.2, -0.15) is 0 Å². The van der Waals surface area contributed by atoms with Crippen molar-refractivity contribution in [3.05, 3.63) is 12.2 Å². The van der Waals surface area contributed by atoms with E-state index in [0.717, 1.165) is 25.0 Å². The fraction of sp³-hybridized carbons (Fsp3) is 0.667. The van der Waals surface area contributed by atoms with Crippen molar-refractivity contribution in [3.8, 4) is 0 Å². The highest BCUT2D eigenvalue weighted by Crippen LogP contribution is 2.44. The first kappa shape index (κ1) is 10.4. The van der Waals surface area contributed by atoms with Crippen LogP contribution < -0.4 is 0 Å². The summed E-state index contributed by atoms with van der Waals surface area (Å²) < 4.78 is 0. The molecule has 0 radical (unpaired) electrons. The van der Waals surface area contributed by atoms with E-state index in [1.165, 1.54) is 0 Å². The van der Waals surface area contributed by atoms with Crippen LogP contribution in [0.3, 0.4) is 0 Å². The van der Waals surface area contributed by atoms with Gasteiger partial charge in [-0.1, -0.05) is 19.4 Å². The second-order valence-corrected chi connectivity index (χ2v) is 4.71. The first-order valence-corrected chi connectivity index (χ1v) is 5.56. The number of nitrogens with zero attached hydrogens (tertiary/aromatic N) is 1. The van der Waals surface area contributed by atoms with Crippen molar-refractivity contribution in [2.75, 3.05) is 0 Å². The van der Waals surface area contributed by atoms with Crippen LogP contribution in [0.1, 0.15) is 33.1 Å². The van der Waals surface area contributed by atoms with Crippen molar-refractivity contribution in [3.63, 3.8) is 0 Å². The van der Waals surface area contributed by atoms with Crippen LogP contribution in [0.5, 0.6) is 0 Å². The van der Waals surface area contributed by atoms with Gasteiger partial charge in [0.1, 0.15) is 5.41 Å². The summed E-state index contributed by atoms with van der Waals surface area (Å²) in [6.45, 7) is 4.15. The van der Waals surface area contributed by atoms with Crippen molar-refractivity contribution in [1.29, 1.82) is 0 Å². The average molecular weight is 207 g/mol. The zero-order chi connectivity index (χ0) is 11.1. The zero-order valence-corrected chi connectivity index (χ0v) is 9.23. The molecule has 3 heteroatoms. The Kier molecular flexibility index (Phi) is 2.41. The molecular formula is C12H17NO2. The maximum Gasteiger partial charge on any atom is 0.315 e. The number of allylic oxidation sites excluding steroid dienone is 1. The summed E-state index contributed by atoms with van der Waals surface area (Å²) in [5.74, 6) is -0.293. The Labute approximate surface area is 89.9 Å². The lowest BCUT2D eigenvalue weighted by Crippen LogP contribution is -2.45. The molecule has 82 valence electrons. The summed E-state index contributed by atoms with van der Waals surface area (Å²) in [5.41, 5.74) is 0.122. The highest BCUT2D eigenvalue weighted by Gasteiger charge is 2.48. The Morgan fingerprint density at radius 2 is 2.20 bits per heavy atom. The largest absolute Gasteiger partial charge is 0.481 e. The van der Waals surface area contributed by atoms with Gasteiger partial charge in [-0.3, -0.25) is 9.79 Å². The number of hydrogen-bond donors (Lipinski definition) is 1. The van der Waals surface area contributed by atoms with Gasteiger partial charge in [0, 0.05) is 0 Å².